The van der Waals surface area contributed by atoms with Crippen LogP contribution in [0.3, 0.4) is 0 Å². The zero-order valence-corrected chi connectivity index (χ0v) is 17.1. The molecule has 74 valence electrons. The molecule has 0 aliphatic carbocycles. The third-order valence-electron chi connectivity index (χ3n) is 1.08. The summed E-state index contributed by atoms with van der Waals surface area (Å²) in [5, 5.41) is 0. The van der Waals surface area contributed by atoms with Crippen LogP contribution in [0, 0.1) is 0 Å². The first-order chi connectivity index (χ1) is 5.93. The molecule has 0 amide bonds. The fourth-order valence-corrected chi connectivity index (χ4v) is 0.614. The first-order valence-corrected chi connectivity index (χ1v) is 5.68. The molecule has 2 N–H and O–H groups in total. The molecule has 0 saturated carbocycles. The van der Waals surface area contributed by atoms with Crippen molar-refractivity contribution >= 4 is 0 Å². The minimum atomic E-state index is -5.88. The van der Waals surface area contributed by atoms with Crippen molar-refractivity contribution in [2.24, 2.45) is 5.73 Å². The quantitative estimate of drug-likeness (QED) is 0.516. The van der Waals surface area contributed by atoms with Crippen LogP contribution in [-0.2, 0) is 25.2 Å². The second-order valence-corrected chi connectivity index (χ2v) is 3.53. The van der Waals surface area contributed by atoms with Gasteiger partial charge in [-0.2, -0.15) is 0 Å². The molecular formula is C7H9NNa3O4V. The molecule has 1 rings (SSSR count). The standard InChI is InChI=1S/C7H9N.3Na.4O.V/c8-6-7-4-2-1-3-5-7;;;;;;;;/h1-5H,6,8H2;;;;;;;;/q;3*+1;;3*-1;. The third kappa shape index (κ3) is 25.3. The number of hydrogen-bond donors (Lipinski definition) is 1. The molecule has 0 aliphatic rings. The zero-order valence-electron chi connectivity index (χ0n) is 9.75. The Morgan fingerprint density at radius 2 is 1.31 bits per heavy atom. The van der Waals surface area contributed by atoms with Gasteiger partial charge in [-0.3, -0.25) is 0 Å². The maximum absolute atomic E-state index is 8.61. The van der Waals surface area contributed by atoms with E-state index < -0.39 is 15.0 Å². The van der Waals surface area contributed by atoms with Crippen LogP contribution in [-0.4, -0.2) is 0 Å². The molecule has 0 unspecified atom stereocenters. The molecule has 1 aromatic carbocycles. The Labute approximate surface area is 165 Å². The molecule has 0 aromatic heterocycles. The first kappa shape index (κ1) is 26.9. The molecule has 0 radical (unpaired) electrons. The molecule has 0 saturated heterocycles. The van der Waals surface area contributed by atoms with Crippen LogP contribution < -0.4 is 107 Å². The Morgan fingerprint density at radius 1 is 1.00 bits per heavy atom. The minimum absolute atomic E-state index is 0. The van der Waals surface area contributed by atoms with E-state index >= 15 is 0 Å². The van der Waals surface area contributed by atoms with Crippen molar-refractivity contribution < 1.29 is 119 Å². The van der Waals surface area contributed by atoms with E-state index in [-0.39, 0.29) is 88.7 Å². The van der Waals surface area contributed by atoms with Gasteiger partial charge in [-0.25, -0.2) is 0 Å². The molecule has 1 aromatic rings. The van der Waals surface area contributed by atoms with E-state index in [9.17, 15) is 0 Å². The summed E-state index contributed by atoms with van der Waals surface area (Å²) >= 11 is -5.88. The Bertz CT molecular complexity index is 274. The molecule has 0 atom stereocenters. The van der Waals surface area contributed by atoms with Gasteiger partial charge in [-0.15, -0.1) is 0 Å². The van der Waals surface area contributed by atoms with Gasteiger partial charge in [-0.1, -0.05) is 30.3 Å². The Morgan fingerprint density at radius 3 is 1.50 bits per heavy atom. The van der Waals surface area contributed by atoms with Gasteiger partial charge >= 0.3 is 119 Å². The van der Waals surface area contributed by atoms with Crippen molar-refractivity contribution in [3.8, 4) is 0 Å². The predicted molar refractivity (Wildman–Crippen MR) is 35.0 cm³/mol. The van der Waals surface area contributed by atoms with E-state index in [2.05, 4.69) is 0 Å². The van der Waals surface area contributed by atoms with Crippen molar-refractivity contribution in [3.05, 3.63) is 35.9 Å². The summed E-state index contributed by atoms with van der Waals surface area (Å²) in [7, 11) is 0. The van der Waals surface area contributed by atoms with Crippen LogP contribution in [0.4, 0.5) is 0 Å². The van der Waals surface area contributed by atoms with Crippen LogP contribution >= 0.6 is 0 Å². The van der Waals surface area contributed by atoms with Gasteiger partial charge in [-0.05, 0) is 5.56 Å². The molecular weight excluding hydrogens is 282 g/mol. The Kier molecular flexibility index (Phi) is 26.1. The third-order valence-corrected chi connectivity index (χ3v) is 1.08. The van der Waals surface area contributed by atoms with Crippen molar-refractivity contribution in [2.45, 2.75) is 6.54 Å². The van der Waals surface area contributed by atoms with E-state index in [0.29, 0.717) is 6.54 Å². The molecule has 16 heavy (non-hydrogen) atoms. The van der Waals surface area contributed by atoms with Crippen molar-refractivity contribution in [2.75, 3.05) is 0 Å². The number of hydrogen-bond acceptors (Lipinski definition) is 5. The Balaban J connectivity index is -0.0000000818. The fraction of sp³-hybridized carbons (Fsp3) is 0.143. The van der Waals surface area contributed by atoms with Crippen LogP contribution in [0.1, 0.15) is 5.56 Å². The molecule has 5 nitrogen and oxygen atoms in total. The van der Waals surface area contributed by atoms with Gasteiger partial charge in [0.15, 0.2) is 0 Å². The molecule has 0 spiro atoms. The van der Waals surface area contributed by atoms with Gasteiger partial charge in [0, 0.05) is 6.54 Å². The van der Waals surface area contributed by atoms with Crippen LogP contribution in [0.15, 0.2) is 30.3 Å². The second kappa shape index (κ2) is 15.5. The second-order valence-electron chi connectivity index (χ2n) is 2.14. The SMILES string of the molecule is NCc1ccccc1.[Na+].[Na+].[Na+].[O]=[V]([O-])([O-])[O-]. The average Bonchev–Trinajstić information content (AvgIpc) is 2.03. The summed E-state index contributed by atoms with van der Waals surface area (Å²) in [5.74, 6) is 0. The van der Waals surface area contributed by atoms with Crippen LogP contribution in [0.2, 0.25) is 0 Å². The van der Waals surface area contributed by atoms with Gasteiger partial charge in [0.25, 0.3) is 0 Å². The molecule has 0 fully saturated rings. The van der Waals surface area contributed by atoms with Crippen molar-refractivity contribution in [1.82, 2.24) is 0 Å². The molecule has 0 heterocycles. The average molecular weight is 291 g/mol. The molecule has 9 heteroatoms. The number of nitrogens with two attached hydrogens (primary N) is 1. The van der Waals surface area contributed by atoms with E-state index in [1.807, 2.05) is 30.3 Å². The number of rotatable bonds is 1. The van der Waals surface area contributed by atoms with E-state index in [1.165, 1.54) is 5.56 Å². The van der Waals surface area contributed by atoms with Crippen molar-refractivity contribution in [3.63, 3.8) is 0 Å². The summed E-state index contributed by atoms with van der Waals surface area (Å²) < 4.78 is 34.4. The first-order valence-electron chi connectivity index (χ1n) is 3.40. The van der Waals surface area contributed by atoms with Gasteiger partial charge < -0.3 is 5.73 Å². The van der Waals surface area contributed by atoms with Gasteiger partial charge in [0.2, 0.25) is 0 Å². The summed E-state index contributed by atoms with van der Waals surface area (Å²) in [4.78, 5) is 0. The van der Waals surface area contributed by atoms with E-state index in [4.69, 9.17) is 21.5 Å². The number of benzene rings is 1. The van der Waals surface area contributed by atoms with E-state index in [1.54, 1.807) is 0 Å². The van der Waals surface area contributed by atoms with Crippen LogP contribution in [0.5, 0.6) is 0 Å². The molecule has 0 bridgehead atoms. The van der Waals surface area contributed by atoms with E-state index in [0.717, 1.165) is 0 Å². The summed E-state index contributed by atoms with van der Waals surface area (Å²) in [6.07, 6.45) is 0. The fourth-order valence-electron chi connectivity index (χ4n) is 0.614. The monoisotopic (exact) mass is 291 g/mol. The summed E-state index contributed by atoms with van der Waals surface area (Å²) in [5.41, 5.74) is 6.54. The van der Waals surface area contributed by atoms with Crippen LogP contribution in [0.25, 0.3) is 0 Å². The Hall–Kier alpha value is 2.44. The predicted octanol–water partition coefficient (Wildman–Crippen LogP) is -11.5. The van der Waals surface area contributed by atoms with Crippen molar-refractivity contribution in [1.29, 1.82) is 0 Å². The van der Waals surface area contributed by atoms with Gasteiger partial charge in [0.05, 0.1) is 0 Å². The molecule has 0 aliphatic heterocycles. The normalized spacial score (nSPS) is 8.25. The van der Waals surface area contributed by atoms with Gasteiger partial charge in [0.1, 0.15) is 0 Å². The topological polar surface area (TPSA) is 112 Å². The zero-order chi connectivity index (χ0) is 10.3. The maximum atomic E-state index is 8.61. The summed E-state index contributed by atoms with van der Waals surface area (Å²) in [6.45, 7) is 0.640. The summed E-state index contributed by atoms with van der Waals surface area (Å²) in [6, 6.07) is 9.99.